The predicted octanol–water partition coefficient (Wildman–Crippen LogP) is 0.453. The number of carbonyl (C=O) groups is 1. The standard InChI is InChI=1S/C6H9O3/c1-4(3-7)5(2)6(8)9/h4-5H,1-2H3,(H,8,9). The number of carbonyl (C=O) groups excluding carboxylic acids is 1. The molecule has 9 heavy (non-hydrogen) atoms. The van der Waals surface area contributed by atoms with E-state index in [0.29, 0.717) is 0 Å². The maximum Gasteiger partial charge on any atom is 0.306 e. The molecule has 3 nitrogen and oxygen atoms in total. The number of carboxylic acids is 1. The molecule has 1 radical (unpaired) electrons. The molecular weight excluding hydrogens is 120 g/mol. The second kappa shape index (κ2) is 3.22. The quantitative estimate of drug-likeness (QED) is 0.602. The summed E-state index contributed by atoms with van der Waals surface area (Å²) in [7, 11) is 0. The van der Waals surface area contributed by atoms with Gasteiger partial charge in [0.2, 0.25) is 6.29 Å². The fourth-order valence-electron chi connectivity index (χ4n) is 0.316. The van der Waals surface area contributed by atoms with Gasteiger partial charge in [0.15, 0.2) is 0 Å². The number of hydrogen-bond acceptors (Lipinski definition) is 2. The second-order valence-corrected chi connectivity index (χ2v) is 2.03. The van der Waals surface area contributed by atoms with Crippen LogP contribution in [0.3, 0.4) is 0 Å². The van der Waals surface area contributed by atoms with Crippen LogP contribution in [-0.4, -0.2) is 17.4 Å². The first-order valence-corrected chi connectivity index (χ1v) is 2.70. The summed E-state index contributed by atoms with van der Waals surface area (Å²) >= 11 is 0. The van der Waals surface area contributed by atoms with E-state index < -0.39 is 17.8 Å². The lowest BCUT2D eigenvalue weighted by Gasteiger charge is -2.05. The number of rotatable bonds is 3. The highest BCUT2D eigenvalue weighted by atomic mass is 16.4. The number of aliphatic carboxylic acids is 1. The van der Waals surface area contributed by atoms with Gasteiger partial charge in [-0.3, -0.25) is 9.59 Å². The molecule has 3 heteroatoms. The molecule has 2 unspecified atom stereocenters. The Labute approximate surface area is 53.7 Å². The van der Waals surface area contributed by atoms with E-state index >= 15 is 0 Å². The topological polar surface area (TPSA) is 54.4 Å². The average molecular weight is 129 g/mol. The molecule has 0 aromatic rings. The molecule has 0 aliphatic carbocycles. The van der Waals surface area contributed by atoms with Crippen molar-refractivity contribution in [3.63, 3.8) is 0 Å². The molecule has 0 aromatic heterocycles. The maximum absolute atomic E-state index is 10.1. The lowest BCUT2D eigenvalue weighted by atomic mass is 9.98. The van der Waals surface area contributed by atoms with Crippen LogP contribution in [0.1, 0.15) is 13.8 Å². The number of carboxylic acid groups (broad SMARTS) is 1. The van der Waals surface area contributed by atoms with E-state index in [1.165, 1.54) is 13.8 Å². The molecule has 0 aliphatic rings. The van der Waals surface area contributed by atoms with E-state index in [1.807, 2.05) is 0 Å². The third-order valence-electron chi connectivity index (χ3n) is 1.33. The zero-order valence-electron chi connectivity index (χ0n) is 5.42. The normalized spacial score (nSPS) is 16.2. The first-order chi connectivity index (χ1) is 4.09. The fraction of sp³-hybridized carbons (Fsp3) is 0.667. The van der Waals surface area contributed by atoms with Crippen molar-refractivity contribution >= 4 is 12.3 Å². The molecule has 0 amide bonds. The monoisotopic (exact) mass is 129 g/mol. The molecule has 0 spiro atoms. The van der Waals surface area contributed by atoms with E-state index in [2.05, 4.69) is 0 Å². The van der Waals surface area contributed by atoms with Crippen LogP contribution in [0.4, 0.5) is 0 Å². The summed E-state index contributed by atoms with van der Waals surface area (Å²) in [5, 5.41) is 8.30. The summed E-state index contributed by atoms with van der Waals surface area (Å²) in [6.45, 7) is 3.02. The summed E-state index contributed by atoms with van der Waals surface area (Å²) in [6.07, 6.45) is 1.62. The molecule has 2 atom stereocenters. The minimum Gasteiger partial charge on any atom is -0.481 e. The Morgan fingerprint density at radius 3 is 2.11 bits per heavy atom. The fourth-order valence-corrected chi connectivity index (χ4v) is 0.316. The molecule has 1 N–H and O–H groups in total. The smallest absolute Gasteiger partial charge is 0.306 e. The predicted molar refractivity (Wildman–Crippen MR) is 31.7 cm³/mol. The van der Waals surface area contributed by atoms with Gasteiger partial charge in [-0.15, -0.1) is 0 Å². The van der Waals surface area contributed by atoms with Crippen molar-refractivity contribution in [1.29, 1.82) is 0 Å². The van der Waals surface area contributed by atoms with Crippen molar-refractivity contribution in [1.82, 2.24) is 0 Å². The van der Waals surface area contributed by atoms with Crippen LogP contribution in [0, 0.1) is 11.8 Å². The lowest BCUT2D eigenvalue weighted by Crippen LogP contribution is -2.18. The third kappa shape index (κ3) is 2.26. The van der Waals surface area contributed by atoms with Gasteiger partial charge in [0.05, 0.1) is 5.92 Å². The Kier molecular flexibility index (Phi) is 2.91. The van der Waals surface area contributed by atoms with Crippen molar-refractivity contribution in [2.75, 3.05) is 0 Å². The van der Waals surface area contributed by atoms with Crippen molar-refractivity contribution in [3.05, 3.63) is 0 Å². The molecule has 0 saturated heterocycles. The summed E-state index contributed by atoms with van der Waals surface area (Å²) in [5.41, 5.74) is 0. The highest BCUT2D eigenvalue weighted by Gasteiger charge is 2.18. The second-order valence-electron chi connectivity index (χ2n) is 2.03. The van der Waals surface area contributed by atoms with E-state index in [0.717, 1.165) is 0 Å². The van der Waals surface area contributed by atoms with Gasteiger partial charge in [0, 0.05) is 5.92 Å². The van der Waals surface area contributed by atoms with E-state index in [1.54, 1.807) is 6.29 Å². The largest absolute Gasteiger partial charge is 0.481 e. The molecular formula is C6H9O3. The molecule has 0 aliphatic heterocycles. The van der Waals surface area contributed by atoms with E-state index in [-0.39, 0.29) is 0 Å². The van der Waals surface area contributed by atoms with Crippen LogP contribution < -0.4 is 0 Å². The lowest BCUT2D eigenvalue weighted by molar-refractivity contribution is -0.141. The van der Waals surface area contributed by atoms with Gasteiger partial charge in [0.1, 0.15) is 0 Å². The molecule has 51 valence electrons. The van der Waals surface area contributed by atoms with Crippen LogP contribution in [-0.2, 0) is 9.59 Å². The number of hydrogen-bond donors (Lipinski definition) is 1. The Morgan fingerprint density at radius 2 is 2.00 bits per heavy atom. The Hall–Kier alpha value is -0.860. The first-order valence-electron chi connectivity index (χ1n) is 2.70. The van der Waals surface area contributed by atoms with Crippen LogP contribution in [0.15, 0.2) is 0 Å². The molecule has 0 bridgehead atoms. The van der Waals surface area contributed by atoms with Gasteiger partial charge < -0.3 is 5.11 Å². The summed E-state index contributed by atoms with van der Waals surface area (Å²) in [4.78, 5) is 20.0. The zero-order valence-corrected chi connectivity index (χ0v) is 5.42. The van der Waals surface area contributed by atoms with Crippen LogP contribution in [0.25, 0.3) is 0 Å². The minimum atomic E-state index is -0.953. The highest BCUT2D eigenvalue weighted by molar-refractivity contribution is 5.74. The van der Waals surface area contributed by atoms with Gasteiger partial charge in [0.25, 0.3) is 0 Å². The average Bonchev–Trinajstić information content (AvgIpc) is 1.84. The summed E-state index contributed by atoms with van der Waals surface area (Å²) in [5.74, 6) is -2.09. The van der Waals surface area contributed by atoms with Gasteiger partial charge >= 0.3 is 5.97 Å². The first kappa shape index (κ1) is 8.14. The molecule has 0 fully saturated rings. The van der Waals surface area contributed by atoms with Crippen molar-refractivity contribution < 1.29 is 14.7 Å². The van der Waals surface area contributed by atoms with Crippen LogP contribution >= 0.6 is 0 Å². The van der Waals surface area contributed by atoms with E-state index in [4.69, 9.17) is 5.11 Å². The van der Waals surface area contributed by atoms with E-state index in [9.17, 15) is 9.59 Å². The maximum atomic E-state index is 10.1. The Balaban J connectivity index is 3.86. The van der Waals surface area contributed by atoms with Crippen LogP contribution in [0.2, 0.25) is 0 Å². The summed E-state index contributed by atoms with van der Waals surface area (Å²) in [6, 6.07) is 0. The zero-order chi connectivity index (χ0) is 7.44. The molecule has 0 aromatic carbocycles. The van der Waals surface area contributed by atoms with Crippen molar-refractivity contribution in [2.45, 2.75) is 13.8 Å². The van der Waals surface area contributed by atoms with Gasteiger partial charge in [-0.25, -0.2) is 0 Å². The Bertz CT molecular complexity index is 119. The minimum absolute atomic E-state index is 0.512. The van der Waals surface area contributed by atoms with Gasteiger partial charge in [-0.2, -0.15) is 0 Å². The SMILES string of the molecule is CC([C]=O)C(C)C(=O)O. The third-order valence-corrected chi connectivity index (χ3v) is 1.33. The van der Waals surface area contributed by atoms with Gasteiger partial charge in [-0.1, -0.05) is 13.8 Å². The van der Waals surface area contributed by atoms with Crippen molar-refractivity contribution in [3.8, 4) is 0 Å². The highest BCUT2D eigenvalue weighted by Crippen LogP contribution is 2.06. The molecule has 0 heterocycles. The molecule has 0 saturated carbocycles. The van der Waals surface area contributed by atoms with Gasteiger partial charge in [-0.05, 0) is 0 Å². The van der Waals surface area contributed by atoms with Crippen LogP contribution in [0.5, 0.6) is 0 Å². The molecule has 0 rings (SSSR count). The van der Waals surface area contributed by atoms with Crippen molar-refractivity contribution in [2.24, 2.45) is 11.8 Å². The Morgan fingerprint density at radius 1 is 1.56 bits per heavy atom. The summed E-state index contributed by atoms with van der Waals surface area (Å²) < 4.78 is 0.